The molecular weight excluding hydrogens is 263 g/mol. The molecule has 0 fully saturated rings. The Morgan fingerprint density at radius 2 is 2.12 bits per heavy atom. The van der Waals surface area contributed by atoms with Gasteiger partial charge < -0.3 is 5.32 Å². The van der Waals surface area contributed by atoms with Crippen molar-refractivity contribution in [2.75, 3.05) is 11.1 Å². The molecule has 0 bridgehead atoms. The molecule has 5 heteroatoms. The van der Waals surface area contributed by atoms with E-state index in [1.807, 2.05) is 6.07 Å². The van der Waals surface area contributed by atoms with Crippen LogP contribution in [-0.4, -0.2) is 16.5 Å². The number of benzene rings is 1. The van der Waals surface area contributed by atoms with Crippen molar-refractivity contribution in [3.8, 4) is 0 Å². The average Bonchev–Trinajstić information content (AvgIpc) is 2.51. The molecule has 1 aromatic rings. The zero-order valence-corrected chi connectivity index (χ0v) is 11.4. The van der Waals surface area contributed by atoms with E-state index in [1.165, 1.54) is 0 Å². The molecule has 2 nitrogen and oxygen atoms in total. The fourth-order valence-corrected chi connectivity index (χ4v) is 2.86. The van der Waals surface area contributed by atoms with Crippen molar-refractivity contribution in [3.63, 3.8) is 0 Å². The van der Waals surface area contributed by atoms with Crippen molar-refractivity contribution in [2.45, 2.75) is 19.4 Å². The molecule has 1 aliphatic heterocycles. The maximum absolute atomic E-state index is 6.07. The van der Waals surface area contributed by atoms with Gasteiger partial charge in [-0.1, -0.05) is 35.0 Å². The number of thioether (sulfide) groups is 1. The fourth-order valence-electron chi connectivity index (χ4n) is 1.35. The van der Waals surface area contributed by atoms with Gasteiger partial charge in [0.15, 0.2) is 5.17 Å². The largest absolute Gasteiger partial charge is 0.334 e. The maximum atomic E-state index is 6.07. The van der Waals surface area contributed by atoms with E-state index in [4.69, 9.17) is 23.2 Å². The number of aliphatic imine (C=N–C) groups is 1. The highest BCUT2D eigenvalue weighted by atomic mass is 35.5. The lowest BCUT2D eigenvalue weighted by Gasteiger charge is -2.09. The first-order valence-corrected chi connectivity index (χ1v) is 6.65. The Bertz CT molecular complexity index is 444. The molecule has 1 aliphatic rings. The lowest BCUT2D eigenvalue weighted by atomic mass is 10.1. The summed E-state index contributed by atoms with van der Waals surface area (Å²) in [7, 11) is 0. The third-order valence-corrected chi connectivity index (χ3v) is 4.00. The van der Waals surface area contributed by atoms with Crippen LogP contribution in [0.5, 0.6) is 0 Å². The van der Waals surface area contributed by atoms with Crippen LogP contribution in [0.15, 0.2) is 23.2 Å². The van der Waals surface area contributed by atoms with Crippen molar-refractivity contribution in [1.82, 2.24) is 0 Å². The molecule has 0 amide bonds. The topological polar surface area (TPSA) is 24.4 Å². The van der Waals surface area contributed by atoms with E-state index >= 15 is 0 Å². The summed E-state index contributed by atoms with van der Waals surface area (Å²) in [5, 5.41) is 5.37. The van der Waals surface area contributed by atoms with Crippen LogP contribution in [0.25, 0.3) is 0 Å². The first-order valence-electron chi connectivity index (χ1n) is 4.91. The summed E-state index contributed by atoms with van der Waals surface area (Å²) in [5.74, 6) is 0.987. The summed E-state index contributed by atoms with van der Waals surface area (Å²) in [6, 6.07) is 5.39. The predicted molar refractivity (Wildman–Crippen MR) is 74.1 cm³/mol. The Labute approximate surface area is 109 Å². The summed E-state index contributed by atoms with van der Waals surface area (Å²) in [6.45, 7) is 4.22. The van der Waals surface area contributed by atoms with E-state index in [9.17, 15) is 0 Å². The fraction of sp³-hybridized carbons (Fsp3) is 0.364. The molecular formula is C11H12Cl2N2S. The number of anilines is 1. The first kappa shape index (κ1) is 12.1. The smallest absolute Gasteiger partial charge is 0.161 e. The van der Waals surface area contributed by atoms with Crippen LogP contribution in [-0.2, 0) is 0 Å². The van der Waals surface area contributed by atoms with Crippen molar-refractivity contribution >= 4 is 45.8 Å². The van der Waals surface area contributed by atoms with E-state index in [1.54, 1.807) is 23.9 Å². The van der Waals surface area contributed by atoms with Gasteiger partial charge in [-0.2, -0.15) is 0 Å². The number of nitrogens with one attached hydrogen (secondary N) is 1. The Balaban J connectivity index is 2.16. The third kappa shape index (κ3) is 2.84. The summed E-state index contributed by atoms with van der Waals surface area (Å²) < 4.78 is 0. The van der Waals surface area contributed by atoms with E-state index < -0.39 is 0 Å². The van der Waals surface area contributed by atoms with Gasteiger partial charge in [-0.05, 0) is 32.0 Å². The SMILES string of the molecule is CC1(C)CSC(Nc2ccc(Cl)cc2Cl)=N1. The van der Waals surface area contributed by atoms with E-state index in [0.717, 1.165) is 16.6 Å². The molecule has 2 rings (SSSR count). The molecule has 1 heterocycles. The highest BCUT2D eigenvalue weighted by Crippen LogP contribution is 2.30. The highest BCUT2D eigenvalue weighted by Gasteiger charge is 2.25. The maximum Gasteiger partial charge on any atom is 0.161 e. The van der Waals surface area contributed by atoms with Gasteiger partial charge in [-0.25, -0.2) is 0 Å². The molecule has 0 spiro atoms. The normalized spacial score (nSPS) is 18.4. The van der Waals surface area contributed by atoms with E-state index in [2.05, 4.69) is 24.2 Å². The number of hydrogen-bond donors (Lipinski definition) is 1. The monoisotopic (exact) mass is 274 g/mol. The second-order valence-electron chi connectivity index (χ2n) is 4.27. The van der Waals surface area contributed by atoms with Crippen LogP contribution in [0.4, 0.5) is 5.69 Å². The minimum Gasteiger partial charge on any atom is -0.334 e. The van der Waals surface area contributed by atoms with Gasteiger partial charge in [-0.15, -0.1) is 0 Å². The number of rotatable bonds is 1. The Kier molecular flexibility index (Phi) is 3.38. The van der Waals surface area contributed by atoms with Crippen molar-refractivity contribution in [2.24, 2.45) is 4.99 Å². The molecule has 0 aromatic heterocycles. The number of halogens is 2. The van der Waals surface area contributed by atoms with Crippen LogP contribution >= 0.6 is 35.0 Å². The molecule has 1 N–H and O–H groups in total. The molecule has 0 radical (unpaired) electrons. The summed E-state index contributed by atoms with van der Waals surface area (Å²) in [4.78, 5) is 4.56. The summed E-state index contributed by atoms with van der Waals surface area (Å²) in [6.07, 6.45) is 0. The van der Waals surface area contributed by atoms with Gasteiger partial charge >= 0.3 is 0 Å². The van der Waals surface area contributed by atoms with Crippen LogP contribution in [0.3, 0.4) is 0 Å². The second-order valence-corrected chi connectivity index (χ2v) is 6.07. The van der Waals surface area contributed by atoms with Crippen molar-refractivity contribution in [1.29, 1.82) is 0 Å². The van der Waals surface area contributed by atoms with Gasteiger partial charge in [0.05, 0.1) is 16.2 Å². The highest BCUT2D eigenvalue weighted by molar-refractivity contribution is 8.14. The van der Waals surface area contributed by atoms with Crippen molar-refractivity contribution < 1.29 is 0 Å². The molecule has 0 aliphatic carbocycles. The molecule has 16 heavy (non-hydrogen) atoms. The van der Waals surface area contributed by atoms with Crippen LogP contribution < -0.4 is 5.32 Å². The molecule has 0 atom stereocenters. The molecule has 86 valence electrons. The van der Waals surface area contributed by atoms with Gasteiger partial charge in [0.1, 0.15) is 0 Å². The quantitative estimate of drug-likeness (QED) is 0.827. The Morgan fingerprint density at radius 1 is 1.38 bits per heavy atom. The standard InChI is InChI=1S/C11H12Cl2N2S/c1-11(2)6-16-10(15-11)14-9-4-3-7(12)5-8(9)13/h3-5H,6H2,1-2H3,(H,14,15). The molecule has 1 aromatic carbocycles. The van der Waals surface area contributed by atoms with Gasteiger partial charge in [0, 0.05) is 10.8 Å². The Hall–Kier alpha value is -0.380. The van der Waals surface area contributed by atoms with Gasteiger partial charge in [-0.3, -0.25) is 4.99 Å². The molecule has 0 saturated carbocycles. The lowest BCUT2D eigenvalue weighted by Crippen LogP contribution is -2.15. The number of nitrogens with zero attached hydrogens (tertiary/aromatic N) is 1. The lowest BCUT2D eigenvalue weighted by molar-refractivity contribution is 0.605. The molecule has 0 unspecified atom stereocenters. The second kappa shape index (κ2) is 4.47. The van der Waals surface area contributed by atoms with Crippen LogP contribution in [0.2, 0.25) is 10.0 Å². The minimum atomic E-state index is 0.00585. The molecule has 0 saturated heterocycles. The van der Waals surface area contributed by atoms with Crippen molar-refractivity contribution in [3.05, 3.63) is 28.2 Å². The Morgan fingerprint density at radius 3 is 2.69 bits per heavy atom. The van der Waals surface area contributed by atoms with E-state index in [-0.39, 0.29) is 5.54 Å². The zero-order valence-electron chi connectivity index (χ0n) is 9.05. The summed E-state index contributed by atoms with van der Waals surface area (Å²) in [5.41, 5.74) is 0.848. The first-order chi connectivity index (χ1) is 7.46. The van der Waals surface area contributed by atoms with Crippen LogP contribution in [0, 0.1) is 0 Å². The predicted octanol–water partition coefficient (Wildman–Crippen LogP) is 4.29. The number of hydrogen-bond acceptors (Lipinski definition) is 3. The zero-order chi connectivity index (χ0) is 11.8. The third-order valence-electron chi connectivity index (χ3n) is 2.14. The summed E-state index contributed by atoms with van der Waals surface area (Å²) >= 11 is 13.6. The van der Waals surface area contributed by atoms with Gasteiger partial charge in [0.2, 0.25) is 0 Å². The minimum absolute atomic E-state index is 0.00585. The average molecular weight is 275 g/mol. The van der Waals surface area contributed by atoms with E-state index in [0.29, 0.717) is 10.0 Å². The van der Waals surface area contributed by atoms with Crippen LogP contribution in [0.1, 0.15) is 13.8 Å². The van der Waals surface area contributed by atoms with Gasteiger partial charge in [0.25, 0.3) is 0 Å². The number of amidine groups is 1.